The molecule has 0 fully saturated rings. The molecule has 0 saturated carbocycles. The Bertz CT molecular complexity index is 269. The van der Waals surface area contributed by atoms with E-state index in [1.54, 1.807) is 11.8 Å². The number of thioether (sulfide) groups is 1. The van der Waals surface area contributed by atoms with Crippen LogP contribution in [0.5, 0.6) is 0 Å². The zero-order chi connectivity index (χ0) is 9.14. The van der Waals surface area contributed by atoms with Gasteiger partial charge in [0.15, 0.2) is 0 Å². The molecule has 0 spiro atoms. The van der Waals surface area contributed by atoms with Gasteiger partial charge in [-0.2, -0.15) is 0 Å². The van der Waals surface area contributed by atoms with Crippen LogP contribution in [0.2, 0.25) is 5.02 Å². The third kappa shape index (κ3) is 1.96. The van der Waals surface area contributed by atoms with E-state index in [4.69, 9.17) is 11.6 Å². The van der Waals surface area contributed by atoms with Crippen LogP contribution < -0.4 is 0 Å². The van der Waals surface area contributed by atoms with Crippen molar-refractivity contribution < 1.29 is 0 Å². The monoisotopic (exact) mass is 200 g/mol. The van der Waals surface area contributed by atoms with Crippen molar-refractivity contribution in [1.82, 2.24) is 0 Å². The van der Waals surface area contributed by atoms with Crippen LogP contribution in [0.3, 0.4) is 0 Å². The second-order valence-electron chi connectivity index (χ2n) is 3.02. The highest BCUT2D eigenvalue weighted by Gasteiger charge is 2.07. The quantitative estimate of drug-likeness (QED) is 0.646. The Morgan fingerprint density at radius 1 is 1.33 bits per heavy atom. The third-order valence-corrected chi connectivity index (χ3v) is 3.15. The van der Waals surface area contributed by atoms with Gasteiger partial charge < -0.3 is 0 Å². The van der Waals surface area contributed by atoms with Crippen LogP contribution in [0.15, 0.2) is 23.1 Å². The summed E-state index contributed by atoms with van der Waals surface area (Å²) >= 11 is 7.88. The third-order valence-electron chi connectivity index (χ3n) is 1.84. The summed E-state index contributed by atoms with van der Waals surface area (Å²) in [6.45, 7) is 4.32. The van der Waals surface area contributed by atoms with Gasteiger partial charge >= 0.3 is 0 Å². The molecule has 0 heterocycles. The summed E-state index contributed by atoms with van der Waals surface area (Å²) in [5, 5.41) is 0.917. The molecule has 0 aliphatic carbocycles. The van der Waals surface area contributed by atoms with E-state index in [-0.39, 0.29) is 0 Å². The van der Waals surface area contributed by atoms with Gasteiger partial charge in [-0.15, -0.1) is 11.8 Å². The van der Waals surface area contributed by atoms with E-state index in [0.717, 1.165) is 5.02 Å². The molecule has 1 aromatic rings. The number of rotatable bonds is 2. The van der Waals surface area contributed by atoms with Gasteiger partial charge in [-0.1, -0.05) is 37.6 Å². The molecule has 0 unspecified atom stereocenters. The van der Waals surface area contributed by atoms with Crippen LogP contribution in [0.1, 0.15) is 25.3 Å². The van der Waals surface area contributed by atoms with Crippen LogP contribution in [0.25, 0.3) is 0 Å². The van der Waals surface area contributed by atoms with Gasteiger partial charge in [0.1, 0.15) is 0 Å². The zero-order valence-electron chi connectivity index (χ0n) is 7.60. The molecule has 1 aromatic carbocycles. The van der Waals surface area contributed by atoms with E-state index in [2.05, 4.69) is 32.0 Å². The van der Waals surface area contributed by atoms with E-state index < -0.39 is 0 Å². The molecule has 0 aliphatic rings. The highest BCUT2D eigenvalue weighted by atomic mass is 35.5. The molecule has 2 heteroatoms. The first-order valence-electron chi connectivity index (χ1n) is 3.99. The summed E-state index contributed by atoms with van der Waals surface area (Å²) < 4.78 is 0. The largest absolute Gasteiger partial charge is 0.128 e. The lowest BCUT2D eigenvalue weighted by Gasteiger charge is -2.10. The molecule has 0 N–H and O–H groups in total. The van der Waals surface area contributed by atoms with Gasteiger partial charge in [-0.25, -0.2) is 0 Å². The maximum absolute atomic E-state index is 6.18. The number of halogens is 1. The first-order chi connectivity index (χ1) is 5.66. The molecule has 0 saturated heterocycles. The summed E-state index contributed by atoms with van der Waals surface area (Å²) in [5.41, 5.74) is 1.24. The molecular weight excluding hydrogens is 188 g/mol. The molecule has 66 valence electrons. The summed E-state index contributed by atoms with van der Waals surface area (Å²) in [5.74, 6) is 0.504. The first kappa shape index (κ1) is 9.94. The minimum Gasteiger partial charge on any atom is -0.128 e. The second kappa shape index (κ2) is 4.20. The Morgan fingerprint density at radius 2 is 2.00 bits per heavy atom. The van der Waals surface area contributed by atoms with Gasteiger partial charge in [-0.05, 0) is 23.8 Å². The van der Waals surface area contributed by atoms with E-state index in [9.17, 15) is 0 Å². The molecule has 0 bridgehead atoms. The molecule has 1 rings (SSSR count). The minimum absolute atomic E-state index is 0.504. The maximum atomic E-state index is 6.18. The van der Waals surface area contributed by atoms with Crippen molar-refractivity contribution in [2.75, 3.05) is 6.26 Å². The van der Waals surface area contributed by atoms with Crippen LogP contribution in [-0.2, 0) is 0 Å². The molecule has 0 atom stereocenters. The molecule has 0 nitrogen and oxygen atoms in total. The summed E-state index contributed by atoms with van der Waals surface area (Å²) in [6.07, 6.45) is 2.05. The number of hydrogen-bond donors (Lipinski definition) is 0. The lowest BCUT2D eigenvalue weighted by atomic mass is 10.0. The van der Waals surface area contributed by atoms with Crippen molar-refractivity contribution in [2.24, 2.45) is 0 Å². The fourth-order valence-corrected chi connectivity index (χ4v) is 2.22. The van der Waals surface area contributed by atoms with Crippen molar-refractivity contribution in [3.63, 3.8) is 0 Å². The van der Waals surface area contributed by atoms with E-state index in [1.807, 2.05) is 6.26 Å². The standard InChI is InChI=1S/C10H13ClS/c1-7(2)8-5-4-6-9(12-3)10(8)11/h4-7H,1-3H3. The molecule has 0 aliphatic heterocycles. The molecule has 0 radical (unpaired) electrons. The maximum Gasteiger partial charge on any atom is 0.0576 e. The molecular formula is C10H13ClS. The molecule has 0 aromatic heterocycles. The van der Waals surface area contributed by atoms with Gasteiger partial charge in [0, 0.05) is 4.90 Å². The van der Waals surface area contributed by atoms with Gasteiger partial charge in [0.05, 0.1) is 5.02 Å². The van der Waals surface area contributed by atoms with E-state index in [1.165, 1.54) is 10.5 Å². The minimum atomic E-state index is 0.504. The fourth-order valence-electron chi connectivity index (χ4n) is 1.13. The van der Waals surface area contributed by atoms with Crippen molar-refractivity contribution in [3.05, 3.63) is 28.8 Å². The van der Waals surface area contributed by atoms with Crippen molar-refractivity contribution in [2.45, 2.75) is 24.7 Å². The Balaban J connectivity index is 3.14. The Morgan fingerprint density at radius 3 is 2.50 bits per heavy atom. The first-order valence-corrected chi connectivity index (χ1v) is 5.59. The Labute approximate surface area is 83.3 Å². The fraction of sp³-hybridized carbons (Fsp3) is 0.400. The highest BCUT2D eigenvalue weighted by molar-refractivity contribution is 7.98. The molecule has 12 heavy (non-hydrogen) atoms. The SMILES string of the molecule is CSc1cccc(C(C)C)c1Cl. The van der Waals surface area contributed by atoms with Gasteiger partial charge in [0.25, 0.3) is 0 Å². The number of hydrogen-bond acceptors (Lipinski definition) is 1. The number of benzene rings is 1. The van der Waals surface area contributed by atoms with Gasteiger partial charge in [0.2, 0.25) is 0 Å². The average Bonchev–Trinajstić information content (AvgIpc) is 2.04. The average molecular weight is 201 g/mol. The summed E-state index contributed by atoms with van der Waals surface area (Å²) in [7, 11) is 0. The van der Waals surface area contributed by atoms with Crippen LogP contribution in [0, 0.1) is 0 Å². The van der Waals surface area contributed by atoms with E-state index >= 15 is 0 Å². The summed E-state index contributed by atoms with van der Waals surface area (Å²) in [6, 6.07) is 6.21. The smallest absolute Gasteiger partial charge is 0.0576 e. The van der Waals surface area contributed by atoms with Crippen molar-refractivity contribution >= 4 is 23.4 Å². The van der Waals surface area contributed by atoms with Crippen LogP contribution in [-0.4, -0.2) is 6.26 Å². The predicted molar refractivity (Wildman–Crippen MR) is 57.3 cm³/mol. The summed E-state index contributed by atoms with van der Waals surface area (Å²) in [4.78, 5) is 1.17. The van der Waals surface area contributed by atoms with E-state index in [0.29, 0.717) is 5.92 Å². The molecule has 0 amide bonds. The lowest BCUT2D eigenvalue weighted by molar-refractivity contribution is 0.862. The lowest BCUT2D eigenvalue weighted by Crippen LogP contribution is -1.89. The highest BCUT2D eigenvalue weighted by Crippen LogP contribution is 2.32. The topological polar surface area (TPSA) is 0 Å². The predicted octanol–water partition coefficient (Wildman–Crippen LogP) is 4.19. The van der Waals surface area contributed by atoms with Crippen molar-refractivity contribution in [3.8, 4) is 0 Å². The van der Waals surface area contributed by atoms with Crippen LogP contribution in [0.4, 0.5) is 0 Å². The second-order valence-corrected chi connectivity index (χ2v) is 4.24. The zero-order valence-corrected chi connectivity index (χ0v) is 9.17. The Hall–Kier alpha value is -0.140. The van der Waals surface area contributed by atoms with Gasteiger partial charge in [-0.3, -0.25) is 0 Å². The normalized spacial score (nSPS) is 10.8. The Kier molecular flexibility index (Phi) is 3.48. The van der Waals surface area contributed by atoms with Crippen LogP contribution >= 0.6 is 23.4 Å². The van der Waals surface area contributed by atoms with Crippen molar-refractivity contribution in [1.29, 1.82) is 0 Å².